The average molecular weight is 214 g/mol. The highest BCUT2D eigenvalue weighted by molar-refractivity contribution is 5.95. The first-order valence-corrected chi connectivity index (χ1v) is 5.76. The SMILES string of the molecule is O=C1N=c2ccccc2=CC12CCCCN2. The Bertz CT molecular complexity index is 541. The van der Waals surface area contributed by atoms with E-state index in [1.807, 2.05) is 24.3 Å². The molecule has 1 atom stereocenters. The number of piperidine rings is 1. The highest BCUT2D eigenvalue weighted by atomic mass is 16.2. The van der Waals surface area contributed by atoms with Crippen LogP contribution in [0.15, 0.2) is 29.3 Å². The Morgan fingerprint density at radius 1 is 1.25 bits per heavy atom. The van der Waals surface area contributed by atoms with Crippen LogP contribution in [-0.4, -0.2) is 18.0 Å². The molecule has 0 saturated carbocycles. The first kappa shape index (κ1) is 9.73. The molecule has 2 heterocycles. The first-order valence-electron chi connectivity index (χ1n) is 5.76. The minimum atomic E-state index is -0.521. The van der Waals surface area contributed by atoms with Gasteiger partial charge in [-0.1, -0.05) is 18.2 Å². The summed E-state index contributed by atoms with van der Waals surface area (Å²) in [5.74, 6) is -0.0362. The highest BCUT2D eigenvalue weighted by Gasteiger charge is 2.38. The van der Waals surface area contributed by atoms with Gasteiger partial charge < -0.3 is 5.32 Å². The number of carbonyl (C=O) groups excluding carboxylic acids is 1. The Hall–Kier alpha value is -1.48. The van der Waals surface area contributed by atoms with E-state index in [-0.39, 0.29) is 5.91 Å². The van der Waals surface area contributed by atoms with E-state index in [9.17, 15) is 4.79 Å². The van der Waals surface area contributed by atoms with Crippen molar-refractivity contribution >= 4 is 12.0 Å². The van der Waals surface area contributed by atoms with Gasteiger partial charge in [0.25, 0.3) is 5.91 Å². The number of rotatable bonds is 0. The van der Waals surface area contributed by atoms with Gasteiger partial charge in [0.15, 0.2) is 0 Å². The largest absolute Gasteiger partial charge is 0.300 e. The maximum absolute atomic E-state index is 12.1. The van der Waals surface area contributed by atoms with Crippen molar-refractivity contribution in [3.63, 3.8) is 0 Å². The molecule has 1 fully saturated rings. The zero-order valence-electron chi connectivity index (χ0n) is 9.07. The van der Waals surface area contributed by atoms with Crippen molar-refractivity contribution in [2.45, 2.75) is 24.8 Å². The molecule has 1 spiro atoms. The van der Waals surface area contributed by atoms with Crippen LogP contribution in [0.1, 0.15) is 19.3 Å². The molecule has 2 aliphatic rings. The summed E-state index contributed by atoms with van der Waals surface area (Å²) < 4.78 is 0. The molecule has 0 aliphatic carbocycles. The van der Waals surface area contributed by atoms with E-state index in [0.29, 0.717) is 0 Å². The molecular formula is C13H14N2O. The maximum Gasteiger partial charge on any atom is 0.270 e. The molecule has 1 N–H and O–H groups in total. The van der Waals surface area contributed by atoms with Crippen molar-refractivity contribution < 1.29 is 4.79 Å². The van der Waals surface area contributed by atoms with Gasteiger partial charge in [-0.15, -0.1) is 0 Å². The van der Waals surface area contributed by atoms with Gasteiger partial charge in [0.1, 0.15) is 5.54 Å². The van der Waals surface area contributed by atoms with E-state index in [0.717, 1.165) is 36.4 Å². The molecule has 2 aliphatic heterocycles. The van der Waals surface area contributed by atoms with Crippen LogP contribution >= 0.6 is 0 Å². The lowest BCUT2D eigenvalue weighted by atomic mass is 9.86. The molecule has 3 rings (SSSR count). The highest BCUT2D eigenvalue weighted by Crippen LogP contribution is 2.23. The summed E-state index contributed by atoms with van der Waals surface area (Å²) >= 11 is 0. The molecule has 82 valence electrons. The fourth-order valence-corrected chi connectivity index (χ4v) is 2.48. The lowest BCUT2D eigenvalue weighted by molar-refractivity contribution is -0.123. The number of nitrogens with zero attached hydrogens (tertiary/aromatic N) is 1. The molecule has 1 aromatic carbocycles. The molecule has 0 aromatic heterocycles. The third-order valence-electron chi connectivity index (χ3n) is 3.38. The molecule has 0 bridgehead atoms. The Morgan fingerprint density at radius 3 is 2.94 bits per heavy atom. The standard InChI is InChI=1S/C13H14N2O/c16-12-13(7-3-4-8-14-13)9-10-5-1-2-6-11(10)15-12/h1-2,5-6,9,14H,3-4,7-8H2. The Kier molecular flexibility index (Phi) is 2.14. The number of amides is 1. The molecular weight excluding hydrogens is 200 g/mol. The smallest absolute Gasteiger partial charge is 0.270 e. The lowest BCUT2D eigenvalue weighted by Gasteiger charge is -2.33. The van der Waals surface area contributed by atoms with Crippen LogP contribution in [0.3, 0.4) is 0 Å². The van der Waals surface area contributed by atoms with Gasteiger partial charge in [-0.3, -0.25) is 4.79 Å². The molecule has 0 radical (unpaired) electrons. The second kappa shape index (κ2) is 3.52. The molecule has 3 heteroatoms. The fraction of sp³-hybridized carbons (Fsp3) is 0.385. The zero-order valence-corrected chi connectivity index (χ0v) is 9.07. The Labute approximate surface area is 93.9 Å². The zero-order chi connectivity index (χ0) is 11.0. The summed E-state index contributed by atoms with van der Waals surface area (Å²) in [4.78, 5) is 16.3. The van der Waals surface area contributed by atoms with Crippen molar-refractivity contribution in [3.05, 3.63) is 34.8 Å². The van der Waals surface area contributed by atoms with Crippen LogP contribution in [0, 0.1) is 0 Å². The summed E-state index contributed by atoms with van der Waals surface area (Å²) in [6.07, 6.45) is 5.15. The number of carbonyl (C=O) groups is 1. The quantitative estimate of drug-likeness (QED) is 0.667. The average Bonchev–Trinajstić information content (AvgIpc) is 2.32. The van der Waals surface area contributed by atoms with Crippen LogP contribution in [0.5, 0.6) is 0 Å². The van der Waals surface area contributed by atoms with Gasteiger partial charge in [-0.25, -0.2) is 4.99 Å². The predicted molar refractivity (Wildman–Crippen MR) is 61.3 cm³/mol. The molecule has 1 unspecified atom stereocenters. The normalized spacial score (nSPS) is 28.1. The van der Waals surface area contributed by atoms with Crippen molar-refractivity contribution in [3.8, 4) is 0 Å². The van der Waals surface area contributed by atoms with Crippen LogP contribution < -0.4 is 15.9 Å². The summed E-state index contributed by atoms with van der Waals surface area (Å²) in [7, 11) is 0. The van der Waals surface area contributed by atoms with Gasteiger partial charge in [-0.2, -0.15) is 0 Å². The van der Waals surface area contributed by atoms with Crippen LogP contribution in [0.4, 0.5) is 0 Å². The van der Waals surface area contributed by atoms with Crippen LogP contribution in [0.25, 0.3) is 6.08 Å². The summed E-state index contributed by atoms with van der Waals surface area (Å²) in [5, 5.41) is 5.19. The topological polar surface area (TPSA) is 41.5 Å². The number of nitrogens with one attached hydrogen (secondary N) is 1. The molecule has 16 heavy (non-hydrogen) atoms. The summed E-state index contributed by atoms with van der Waals surface area (Å²) in [6, 6.07) is 7.80. The maximum atomic E-state index is 12.1. The van der Waals surface area contributed by atoms with E-state index in [1.54, 1.807) is 0 Å². The van der Waals surface area contributed by atoms with Crippen molar-refractivity contribution in [1.29, 1.82) is 0 Å². The van der Waals surface area contributed by atoms with Crippen molar-refractivity contribution in [1.82, 2.24) is 5.32 Å². The number of benzene rings is 1. The third-order valence-corrected chi connectivity index (χ3v) is 3.38. The molecule has 1 aromatic rings. The number of hydrogen-bond donors (Lipinski definition) is 1. The Morgan fingerprint density at radius 2 is 2.12 bits per heavy atom. The first-order chi connectivity index (χ1) is 7.80. The number of para-hydroxylation sites is 1. The van der Waals surface area contributed by atoms with Gasteiger partial charge in [0.2, 0.25) is 0 Å². The van der Waals surface area contributed by atoms with Crippen LogP contribution in [0.2, 0.25) is 0 Å². The lowest BCUT2D eigenvalue weighted by Crippen LogP contribution is -2.56. The van der Waals surface area contributed by atoms with Crippen molar-refractivity contribution in [2.24, 2.45) is 4.99 Å². The number of hydrogen-bond acceptors (Lipinski definition) is 2. The van der Waals surface area contributed by atoms with E-state index in [4.69, 9.17) is 0 Å². The summed E-state index contributed by atoms with van der Waals surface area (Å²) in [5.41, 5.74) is -0.521. The monoisotopic (exact) mass is 214 g/mol. The molecule has 1 amide bonds. The van der Waals surface area contributed by atoms with E-state index >= 15 is 0 Å². The molecule has 3 nitrogen and oxygen atoms in total. The summed E-state index contributed by atoms with van der Waals surface area (Å²) in [6.45, 7) is 0.903. The third kappa shape index (κ3) is 1.39. The second-order valence-corrected chi connectivity index (χ2v) is 4.48. The predicted octanol–water partition coefficient (Wildman–Crippen LogP) is 0.139. The van der Waals surface area contributed by atoms with Gasteiger partial charge in [0.05, 0.1) is 5.36 Å². The fourth-order valence-electron chi connectivity index (χ4n) is 2.48. The molecule has 1 saturated heterocycles. The van der Waals surface area contributed by atoms with Gasteiger partial charge >= 0.3 is 0 Å². The van der Waals surface area contributed by atoms with Gasteiger partial charge in [0, 0.05) is 0 Å². The van der Waals surface area contributed by atoms with E-state index in [2.05, 4.69) is 16.4 Å². The minimum absolute atomic E-state index is 0.0362. The van der Waals surface area contributed by atoms with E-state index < -0.39 is 5.54 Å². The van der Waals surface area contributed by atoms with E-state index in [1.165, 1.54) is 0 Å². The van der Waals surface area contributed by atoms with Crippen molar-refractivity contribution in [2.75, 3.05) is 6.54 Å². The minimum Gasteiger partial charge on any atom is -0.300 e. The van der Waals surface area contributed by atoms with Crippen LogP contribution in [-0.2, 0) is 4.79 Å². The Balaban J connectivity index is 2.18. The second-order valence-electron chi connectivity index (χ2n) is 4.48. The van der Waals surface area contributed by atoms with Gasteiger partial charge in [-0.05, 0) is 43.2 Å². The number of fused-ring (bicyclic) bond motifs is 1.